The Morgan fingerprint density at radius 1 is 1.00 bits per heavy atom. The number of primary amides is 1. The van der Waals surface area contributed by atoms with Crippen LogP contribution in [0.1, 0.15) is 16.7 Å². The van der Waals surface area contributed by atoms with Crippen LogP contribution in [0.4, 0.5) is 10.5 Å². The Kier molecular flexibility index (Phi) is 7.31. The van der Waals surface area contributed by atoms with Gasteiger partial charge in [-0.2, -0.15) is 5.10 Å². The monoisotopic (exact) mass is 504 g/mol. The first-order chi connectivity index (χ1) is 15.5. The molecule has 10 heteroatoms. The summed E-state index contributed by atoms with van der Waals surface area (Å²) in [6.07, 6.45) is 1.13. The van der Waals surface area contributed by atoms with Gasteiger partial charge < -0.3 is 5.73 Å². The standard InChI is InChI=1S/C23H22Cl2N4O3S/c1-14-18(5-4-6-20(14)25)19-13-16(9-12-21(19)29(2)33(3,31)32)22(27-28-23(26)30)15-7-10-17(24)11-8-15/h4-13H,1-3H3,(H3,26,28,30). The molecule has 0 fully saturated rings. The quantitative estimate of drug-likeness (QED) is 0.372. The highest BCUT2D eigenvalue weighted by Crippen LogP contribution is 2.37. The SMILES string of the molecule is Cc1c(Cl)cccc1-c1cc(C(=NNC(N)=O)c2ccc(Cl)cc2)ccc1N(C)S(C)(=O)=O. The lowest BCUT2D eigenvalue weighted by Gasteiger charge is -2.22. The third-order valence-corrected chi connectivity index (χ3v) is 6.91. The molecule has 0 unspecified atom stereocenters. The molecule has 3 rings (SSSR count). The van der Waals surface area contributed by atoms with Gasteiger partial charge in [0.25, 0.3) is 0 Å². The minimum Gasteiger partial charge on any atom is -0.350 e. The van der Waals surface area contributed by atoms with E-state index in [1.54, 1.807) is 54.6 Å². The average Bonchev–Trinajstić information content (AvgIpc) is 2.75. The number of hydrogen-bond donors (Lipinski definition) is 2. The second-order valence-electron chi connectivity index (χ2n) is 7.32. The summed E-state index contributed by atoms with van der Waals surface area (Å²) in [7, 11) is -2.06. The summed E-state index contributed by atoms with van der Waals surface area (Å²) in [6, 6.07) is 16.7. The Balaban J connectivity index is 2.29. The molecule has 172 valence electrons. The third kappa shape index (κ3) is 5.65. The number of carbonyl (C=O) groups is 1. The molecule has 0 bridgehead atoms. The number of anilines is 1. The van der Waals surface area contributed by atoms with Gasteiger partial charge in [-0.25, -0.2) is 18.6 Å². The second kappa shape index (κ2) is 9.82. The maximum Gasteiger partial charge on any atom is 0.332 e. The molecule has 0 saturated heterocycles. The van der Waals surface area contributed by atoms with E-state index in [4.69, 9.17) is 28.9 Å². The largest absolute Gasteiger partial charge is 0.350 e. The predicted octanol–water partition coefficient (Wildman–Crippen LogP) is 4.79. The lowest BCUT2D eigenvalue weighted by atomic mass is 9.94. The highest BCUT2D eigenvalue weighted by atomic mass is 35.5. The zero-order valence-electron chi connectivity index (χ0n) is 18.1. The first-order valence-corrected chi connectivity index (χ1v) is 12.3. The lowest BCUT2D eigenvalue weighted by Crippen LogP contribution is -2.27. The molecule has 0 spiro atoms. The van der Waals surface area contributed by atoms with Crippen molar-refractivity contribution in [3.8, 4) is 11.1 Å². The zero-order chi connectivity index (χ0) is 24.3. The third-order valence-electron chi connectivity index (χ3n) is 5.06. The smallest absolute Gasteiger partial charge is 0.332 e. The van der Waals surface area contributed by atoms with Crippen LogP contribution >= 0.6 is 23.2 Å². The molecule has 2 amide bonds. The molecular weight excluding hydrogens is 483 g/mol. The van der Waals surface area contributed by atoms with Crippen molar-refractivity contribution < 1.29 is 13.2 Å². The van der Waals surface area contributed by atoms with Crippen molar-refractivity contribution in [3.63, 3.8) is 0 Å². The van der Waals surface area contributed by atoms with Crippen molar-refractivity contribution in [1.29, 1.82) is 0 Å². The molecule has 0 radical (unpaired) electrons. The fraction of sp³-hybridized carbons (Fsp3) is 0.130. The van der Waals surface area contributed by atoms with E-state index in [9.17, 15) is 13.2 Å². The first kappa shape index (κ1) is 24.6. The van der Waals surface area contributed by atoms with Crippen molar-refractivity contribution >= 4 is 50.7 Å². The minimum absolute atomic E-state index is 0.417. The minimum atomic E-state index is -3.54. The Morgan fingerprint density at radius 3 is 2.24 bits per heavy atom. The van der Waals surface area contributed by atoms with Crippen molar-refractivity contribution in [1.82, 2.24) is 5.43 Å². The number of benzene rings is 3. The van der Waals surface area contributed by atoms with Gasteiger partial charge in [-0.1, -0.05) is 53.5 Å². The fourth-order valence-corrected chi connectivity index (χ4v) is 4.08. The van der Waals surface area contributed by atoms with Gasteiger partial charge >= 0.3 is 6.03 Å². The molecule has 0 atom stereocenters. The zero-order valence-corrected chi connectivity index (χ0v) is 20.5. The van der Waals surface area contributed by atoms with Crippen LogP contribution in [0.25, 0.3) is 11.1 Å². The van der Waals surface area contributed by atoms with E-state index in [-0.39, 0.29) is 0 Å². The molecule has 33 heavy (non-hydrogen) atoms. The van der Waals surface area contributed by atoms with Gasteiger partial charge in [-0.15, -0.1) is 0 Å². The van der Waals surface area contributed by atoms with Crippen LogP contribution in [0, 0.1) is 6.92 Å². The number of halogens is 2. The summed E-state index contributed by atoms with van der Waals surface area (Å²) >= 11 is 12.4. The van der Waals surface area contributed by atoms with Crippen LogP contribution in [0.2, 0.25) is 10.0 Å². The summed E-state index contributed by atoms with van der Waals surface area (Å²) in [5, 5.41) is 5.27. The van der Waals surface area contributed by atoms with Crippen LogP contribution in [0.15, 0.2) is 65.8 Å². The molecule has 3 aromatic carbocycles. The summed E-state index contributed by atoms with van der Waals surface area (Å²) in [4.78, 5) is 11.3. The molecule has 3 aromatic rings. The number of carbonyl (C=O) groups excluding carboxylic acids is 1. The molecule has 0 aliphatic heterocycles. The van der Waals surface area contributed by atoms with Gasteiger partial charge in [0, 0.05) is 33.8 Å². The number of nitrogens with zero attached hydrogens (tertiary/aromatic N) is 2. The molecule has 0 heterocycles. The van der Waals surface area contributed by atoms with Gasteiger partial charge in [0.2, 0.25) is 10.0 Å². The van der Waals surface area contributed by atoms with E-state index >= 15 is 0 Å². The maximum atomic E-state index is 12.3. The number of amides is 2. The van der Waals surface area contributed by atoms with Gasteiger partial charge in [-0.3, -0.25) is 4.31 Å². The van der Waals surface area contributed by atoms with E-state index in [1.165, 1.54) is 11.4 Å². The van der Waals surface area contributed by atoms with Crippen LogP contribution in [0.5, 0.6) is 0 Å². The highest BCUT2D eigenvalue weighted by Gasteiger charge is 2.20. The number of sulfonamides is 1. The van der Waals surface area contributed by atoms with E-state index in [0.717, 1.165) is 17.4 Å². The number of hydrogen-bond acceptors (Lipinski definition) is 4. The molecule has 0 aliphatic rings. The van der Waals surface area contributed by atoms with Crippen molar-refractivity contribution in [2.24, 2.45) is 10.8 Å². The number of hydrazone groups is 1. The van der Waals surface area contributed by atoms with Gasteiger partial charge in [0.15, 0.2) is 0 Å². The Labute approximate surface area is 202 Å². The van der Waals surface area contributed by atoms with E-state index < -0.39 is 16.1 Å². The normalized spacial score (nSPS) is 11.8. The molecule has 3 N–H and O–H groups in total. The fourth-order valence-electron chi connectivity index (χ4n) is 3.27. The van der Waals surface area contributed by atoms with Crippen LogP contribution < -0.4 is 15.5 Å². The second-order valence-corrected chi connectivity index (χ2v) is 10.2. The Morgan fingerprint density at radius 2 is 1.64 bits per heavy atom. The number of nitrogens with two attached hydrogens (primary N) is 1. The Bertz CT molecular complexity index is 1340. The molecule has 0 aromatic heterocycles. The lowest BCUT2D eigenvalue weighted by molar-refractivity contribution is 0.249. The Hall–Kier alpha value is -3.07. The predicted molar refractivity (Wildman–Crippen MR) is 135 cm³/mol. The van der Waals surface area contributed by atoms with Crippen LogP contribution in [0.3, 0.4) is 0 Å². The molecule has 0 saturated carbocycles. The maximum absolute atomic E-state index is 12.3. The molecular formula is C23H22Cl2N4O3S. The van der Waals surface area contributed by atoms with Gasteiger partial charge in [0.1, 0.15) is 0 Å². The topological polar surface area (TPSA) is 105 Å². The summed E-state index contributed by atoms with van der Waals surface area (Å²) in [5.74, 6) is 0. The van der Waals surface area contributed by atoms with Crippen LogP contribution in [-0.4, -0.2) is 33.5 Å². The van der Waals surface area contributed by atoms with Crippen molar-refractivity contribution in [2.75, 3.05) is 17.6 Å². The highest BCUT2D eigenvalue weighted by molar-refractivity contribution is 7.92. The number of rotatable bonds is 6. The summed E-state index contributed by atoms with van der Waals surface area (Å²) < 4.78 is 25.8. The van der Waals surface area contributed by atoms with E-state index in [0.29, 0.717) is 38.1 Å². The number of nitrogens with one attached hydrogen (secondary N) is 1. The average molecular weight is 505 g/mol. The van der Waals surface area contributed by atoms with Gasteiger partial charge in [-0.05, 0) is 48.4 Å². The molecule has 0 aliphatic carbocycles. The number of urea groups is 1. The van der Waals surface area contributed by atoms with Crippen molar-refractivity contribution in [2.45, 2.75) is 6.92 Å². The summed E-state index contributed by atoms with van der Waals surface area (Å²) in [5.41, 5.74) is 11.8. The molecule has 7 nitrogen and oxygen atoms in total. The van der Waals surface area contributed by atoms with E-state index in [2.05, 4.69) is 10.5 Å². The van der Waals surface area contributed by atoms with Crippen LogP contribution in [-0.2, 0) is 10.0 Å². The van der Waals surface area contributed by atoms with Gasteiger partial charge in [0.05, 0.1) is 17.7 Å². The van der Waals surface area contributed by atoms with E-state index in [1.807, 2.05) is 13.0 Å². The summed E-state index contributed by atoms with van der Waals surface area (Å²) in [6.45, 7) is 1.86. The first-order valence-electron chi connectivity index (χ1n) is 9.72. The van der Waals surface area contributed by atoms with Crippen molar-refractivity contribution in [3.05, 3.63) is 87.4 Å².